The van der Waals surface area contributed by atoms with Crippen molar-refractivity contribution >= 4 is 34.3 Å². The Balaban J connectivity index is 0.829. The van der Waals surface area contributed by atoms with Gasteiger partial charge in [-0.2, -0.15) is 18.3 Å². The lowest BCUT2D eigenvalue weighted by Gasteiger charge is -2.28. The average molecular weight is 769 g/mol. The van der Waals surface area contributed by atoms with Gasteiger partial charge >= 0.3 is 6.18 Å². The van der Waals surface area contributed by atoms with E-state index in [4.69, 9.17) is 14.6 Å². The number of alkyl halides is 3. The van der Waals surface area contributed by atoms with Gasteiger partial charge in [0.25, 0.3) is 11.8 Å². The van der Waals surface area contributed by atoms with Crippen molar-refractivity contribution in [2.24, 2.45) is 5.92 Å². The number of rotatable bonds is 14. The Morgan fingerprint density at radius 3 is 2.55 bits per heavy atom. The number of aromatic nitrogens is 3. The molecule has 5 aromatic rings. The molecule has 0 spiro atoms. The lowest BCUT2D eigenvalue weighted by atomic mass is 9.86. The number of hydrogen-bond donors (Lipinski definition) is 3. The number of halogens is 3. The molecule has 56 heavy (non-hydrogen) atoms. The highest BCUT2D eigenvalue weighted by Crippen LogP contribution is 2.36. The number of imide groups is 1. The van der Waals surface area contributed by atoms with E-state index in [2.05, 4.69) is 27.0 Å². The summed E-state index contributed by atoms with van der Waals surface area (Å²) >= 11 is 0. The molecule has 3 N–H and O–H groups in total. The number of benzene rings is 3. The third-order valence-corrected chi connectivity index (χ3v) is 10.4. The zero-order chi connectivity index (χ0) is 39.2. The van der Waals surface area contributed by atoms with Crippen LogP contribution in [0.4, 0.5) is 18.9 Å². The summed E-state index contributed by atoms with van der Waals surface area (Å²) in [6.45, 7) is 1.94. The Bertz CT molecular complexity index is 2230. The molecule has 2 aliphatic rings. The second kappa shape index (κ2) is 16.9. The Kier molecular flexibility index (Phi) is 11.7. The lowest BCUT2D eigenvalue weighted by Crippen LogP contribution is -2.37. The van der Waals surface area contributed by atoms with Crippen molar-refractivity contribution < 1.29 is 37.0 Å². The first-order valence-electron chi connectivity index (χ1n) is 18.9. The van der Waals surface area contributed by atoms with Crippen LogP contribution in [0.15, 0.2) is 79.0 Å². The highest BCUT2D eigenvalue weighted by atomic mass is 19.4. The molecule has 1 saturated carbocycles. The summed E-state index contributed by atoms with van der Waals surface area (Å²) in [5.74, 6) is 0.521. The number of amides is 3. The van der Waals surface area contributed by atoms with Crippen LogP contribution in [0.3, 0.4) is 0 Å². The molecule has 7 rings (SSSR count). The Hall–Kier alpha value is -5.76. The number of nitrogens with zero attached hydrogens (tertiary/aromatic N) is 3. The van der Waals surface area contributed by atoms with Gasteiger partial charge in [0.05, 0.1) is 36.3 Å². The summed E-state index contributed by atoms with van der Waals surface area (Å²) in [4.78, 5) is 40.5. The maximum Gasteiger partial charge on any atom is 0.433 e. The van der Waals surface area contributed by atoms with Crippen molar-refractivity contribution in [3.8, 4) is 17.2 Å². The predicted octanol–water partition coefficient (Wildman–Crippen LogP) is 8.05. The maximum atomic E-state index is 13.1. The first-order valence-corrected chi connectivity index (χ1v) is 18.9. The van der Waals surface area contributed by atoms with Crippen molar-refractivity contribution in [1.82, 2.24) is 25.4 Å². The summed E-state index contributed by atoms with van der Waals surface area (Å²) in [6.07, 6.45) is 5.72. The topological polar surface area (TPSA) is 136 Å². The number of fused-ring (bicyclic) bond motifs is 2. The van der Waals surface area contributed by atoms with Crippen LogP contribution in [0.2, 0.25) is 0 Å². The van der Waals surface area contributed by atoms with E-state index in [0.29, 0.717) is 45.5 Å². The Labute approximate surface area is 322 Å². The molecule has 3 aromatic carbocycles. The molecule has 1 aliphatic heterocycles. The van der Waals surface area contributed by atoms with Crippen LogP contribution >= 0.6 is 0 Å². The van der Waals surface area contributed by atoms with E-state index < -0.39 is 23.7 Å². The van der Waals surface area contributed by atoms with E-state index in [9.17, 15) is 27.6 Å². The minimum absolute atomic E-state index is 0.156. The molecule has 292 valence electrons. The fraction of sp³-hybridized carbons (Fsp3) is 0.357. The van der Waals surface area contributed by atoms with Gasteiger partial charge in [-0.3, -0.25) is 24.4 Å². The second-order valence-electron chi connectivity index (χ2n) is 14.4. The smallest absolute Gasteiger partial charge is 0.433 e. The van der Waals surface area contributed by atoms with E-state index in [1.807, 2.05) is 29.1 Å². The number of aryl methyl sites for hydroxylation is 1. The molecule has 0 bridgehead atoms. The van der Waals surface area contributed by atoms with Gasteiger partial charge in [-0.15, -0.1) is 0 Å². The van der Waals surface area contributed by atoms with Crippen LogP contribution in [0.25, 0.3) is 10.9 Å². The Morgan fingerprint density at radius 1 is 0.946 bits per heavy atom. The number of pyridine rings is 1. The van der Waals surface area contributed by atoms with Gasteiger partial charge < -0.3 is 20.1 Å². The summed E-state index contributed by atoms with van der Waals surface area (Å²) in [7, 11) is 1.46. The molecule has 11 nitrogen and oxygen atoms in total. The SMILES string of the molecule is COc1cc2nn(C3CCC(CNCCCCCc4cccc(Oc5cccc6c5C(=O)NC(=O)C6)c4)CC3)cc2cc1NC(=O)c1cccc(C(F)(F)F)n1. The van der Waals surface area contributed by atoms with Crippen molar-refractivity contribution in [3.63, 3.8) is 0 Å². The van der Waals surface area contributed by atoms with Crippen molar-refractivity contribution in [2.45, 2.75) is 70.0 Å². The number of unbranched alkanes of at least 4 members (excludes halogenated alkanes) is 2. The number of ether oxygens (including phenoxy) is 2. The number of methoxy groups -OCH3 is 1. The minimum atomic E-state index is -4.66. The molecular weight excluding hydrogens is 725 g/mol. The standard InChI is InChI=1S/C42H43F3N6O5/c1-55-36-23-33-29(21-34(36)48-40(53)32-12-7-14-37(47-32)42(43,44)45)25-51(50-33)30-17-15-27(16-18-30)24-46-19-4-2-3-8-26-9-5-11-31(20-26)56-35-13-6-10-28-22-38(52)49-41(54)39(28)35/h5-7,9-14,20-21,23,25,27,30,46H,2-4,8,15-19,22,24H2,1H3,(H,48,53)(H,49,52,54). The summed E-state index contributed by atoms with van der Waals surface area (Å²) < 4.78 is 52.9. The van der Waals surface area contributed by atoms with Gasteiger partial charge in [0, 0.05) is 17.6 Å². The first-order chi connectivity index (χ1) is 27.0. The second-order valence-corrected chi connectivity index (χ2v) is 14.4. The van der Waals surface area contributed by atoms with Crippen LogP contribution < -0.4 is 25.4 Å². The molecule has 3 amide bonds. The molecular formula is C42H43F3N6O5. The van der Waals surface area contributed by atoms with Crippen molar-refractivity contribution in [2.75, 3.05) is 25.5 Å². The number of hydrogen-bond acceptors (Lipinski definition) is 8. The van der Waals surface area contributed by atoms with E-state index >= 15 is 0 Å². The highest BCUT2D eigenvalue weighted by molar-refractivity contribution is 6.11. The van der Waals surface area contributed by atoms with Gasteiger partial charge in [-0.05, 0) is 111 Å². The van der Waals surface area contributed by atoms with E-state index in [-0.39, 0.29) is 24.1 Å². The predicted molar refractivity (Wildman–Crippen MR) is 204 cm³/mol. The molecule has 3 heterocycles. The van der Waals surface area contributed by atoms with Gasteiger partial charge in [0.15, 0.2) is 0 Å². The third kappa shape index (κ3) is 9.19. The monoisotopic (exact) mass is 768 g/mol. The lowest BCUT2D eigenvalue weighted by molar-refractivity contribution is -0.141. The Morgan fingerprint density at radius 2 is 1.75 bits per heavy atom. The van der Waals surface area contributed by atoms with Crippen LogP contribution in [0.5, 0.6) is 17.2 Å². The molecule has 1 fully saturated rings. The first kappa shape index (κ1) is 38.5. The third-order valence-electron chi connectivity index (χ3n) is 10.4. The van der Waals surface area contributed by atoms with E-state index in [1.54, 1.807) is 30.3 Å². The maximum absolute atomic E-state index is 13.1. The molecule has 0 unspecified atom stereocenters. The molecule has 0 radical (unpaired) electrons. The molecule has 2 aromatic heterocycles. The molecule has 14 heteroatoms. The highest BCUT2D eigenvalue weighted by Gasteiger charge is 2.33. The number of carbonyl (C=O) groups is 3. The van der Waals surface area contributed by atoms with Crippen LogP contribution in [0, 0.1) is 5.92 Å². The molecule has 0 saturated heterocycles. The van der Waals surface area contributed by atoms with Crippen LogP contribution in [0.1, 0.15) is 88.7 Å². The number of carbonyl (C=O) groups excluding carboxylic acids is 3. The number of nitrogens with one attached hydrogen (secondary N) is 3. The van der Waals surface area contributed by atoms with Crippen LogP contribution in [-0.2, 0) is 23.8 Å². The zero-order valence-electron chi connectivity index (χ0n) is 31.0. The van der Waals surface area contributed by atoms with Gasteiger partial charge in [0.2, 0.25) is 5.91 Å². The zero-order valence-corrected chi connectivity index (χ0v) is 31.0. The number of anilines is 1. The summed E-state index contributed by atoms with van der Waals surface area (Å²) in [5, 5.41) is 14.2. The van der Waals surface area contributed by atoms with Gasteiger partial charge in [-0.1, -0.05) is 36.8 Å². The minimum Gasteiger partial charge on any atom is -0.494 e. The fourth-order valence-electron chi connectivity index (χ4n) is 7.47. The van der Waals surface area contributed by atoms with E-state index in [1.165, 1.54) is 18.7 Å². The van der Waals surface area contributed by atoms with Crippen molar-refractivity contribution in [1.29, 1.82) is 0 Å². The summed E-state index contributed by atoms with van der Waals surface area (Å²) in [5.41, 5.74) is 1.77. The normalized spacial score (nSPS) is 17.0. The quantitative estimate of drug-likeness (QED) is 0.0763. The van der Waals surface area contributed by atoms with Gasteiger partial charge in [0.1, 0.15) is 28.6 Å². The van der Waals surface area contributed by atoms with Gasteiger partial charge in [-0.25, -0.2) is 4.98 Å². The molecule has 1 aliphatic carbocycles. The fourth-order valence-corrected chi connectivity index (χ4v) is 7.47. The van der Waals surface area contributed by atoms with Crippen molar-refractivity contribution in [3.05, 3.63) is 107 Å². The average Bonchev–Trinajstić information content (AvgIpc) is 3.60. The largest absolute Gasteiger partial charge is 0.494 e. The van der Waals surface area contributed by atoms with Crippen LogP contribution in [-0.4, -0.2) is 52.7 Å². The molecule has 0 atom stereocenters. The van der Waals surface area contributed by atoms with E-state index in [0.717, 1.165) is 82.0 Å². The summed E-state index contributed by atoms with van der Waals surface area (Å²) in [6, 6.07) is 20.1.